The summed E-state index contributed by atoms with van der Waals surface area (Å²) in [6.07, 6.45) is -0.446. The van der Waals surface area contributed by atoms with Gasteiger partial charge in [-0.1, -0.05) is 47.6 Å². The maximum absolute atomic E-state index is 10.6. The van der Waals surface area contributed by atoms with E-state index in [-0.39, 0.29) is 10.8 Å². The van der Waals surface area contributed by atoms with Gasteiger partial charge in [-0.15, -0.1) is 0 Å². The molecule has 1 aliphatic rings. The van der Waals surface area contributed by atoms with Crippen molar-refractivity contribution in [2.24, 2.45) is 0 Å². The Kier molecular flexibility index (Phi) is 3.87. The summed E-state index contributed by atoms with van der Waals surface area (Å²) >= 11 is 0. The van der Waals surface area contributed by atoms with Crippen LogP contribution in [0.3, 0.4) is 0 Å². The van der Waals surface area contributed by atoms with E-state index in [1.807, 2.05) is 6.07 Å². The first-order chi connectivity index (χ1) is 9.10. The molecule has 1 aromatic rings. The molecule has 112 valence electrons. The van der Waals surface area contributed by atoms with Gasteiger partial charge in [0, 0.05) is 0 Å². The zero-order chi connectivity index (χ0) is 15.1. The molecule has 0 aliphatic carbocycles. The van der Waals surface area contributed by atoms with E-state index in [0.717, 1.165) is 11.1 Å². The van der Waals surface area contributed by atoms with E-state index in [0.29, 0.717) is 19.0 Å². The van der Waals surface area contributed by atoms with Gasteiger partial charge >= 0.3 is 0 Å². The average Bonchev–Trinajstić information content (AvgIpc) is 2.79. The fourth-order valence-corrected chi connectivity index (χ4v) is 2.38. The maximum Gasteiger partial charge on any atom is 0.187 e. The number of phenolic OH excluding ortho intramolecular Hbond substituents is 1. The summed E-state index contributed by atoms with van der Waals surface area (Å²) in [7, 11) is 0. The van der Waals surface area contributed by atoms with Crippen LogP contribution in [0, 0.1) is 0 Å². The van der Waals surface area contributed by atoms with Crippen LogP contribution in [-0.4, -0.2) is 18.3 Å². The molecule has 1 aliphatic heterocycles. The van der Waals surface area contributed by atoms with Gasteiger partial charge in [-0.05, 0) is 28.0 Å². The van der Waals surface area contributed by atoms with Crippen molar-refractivity contribution in [3.63, 3.8) is 0 Å². The third-order valence-corrected chi connectivity index (χ3v) is 3.69. The van der Waals surface area contributed by atoms with Crippen molar-refractivity contribution in [3.8, 4) is 5.75 Å². The molecule has 1 aromatic carbocycles. The van der Waals surface area contributed by atoms with Crippen LogP contribution >= 0.6 is 0 Å². The van der Waals surface area contributed by atoms with Crippen LogP contribution in [0.2, 0.25) is 0 Å². The third-order valence-electron chi connectivity index (χ3n) is 3.69. The Hall–Kier alpha value is -1.06. The lowest BCUT2D eigenvalue weighted by Gasteiger charge is -2.28. The molecule has 0 bridgehead atoms. The molecule has 1 heterocycles. The highest BCUT2D eigenvalue weighted by Crippen LogP contribution is 2.41. The highest BCUT2D eigenvalue weighted by molar-refractivity contribution is 5.49. The average molecular weight is 278 g/mol. The van der Waals surface area contributed by atoms with Crippen molar-refractivity contribution in [1.29, 1.82) is 0 Å². The van der Waals surface area contributed by atoms with E-state index in [4.69, 9.17) is 9.47 Å². The molecule has 1 N–H and O–H groups in total. The molecule has 20 heavy (non-hydrogen) atoms. The van der Waals surface area contributed by atoms with Gasteiger partial charge in [0.1, 0.15) is 5.75 Å². The van der Waals surface area contributed by atoms with Crippen LogP contribution < -0.4 is 0 Å². The largest absolute Gasteiger partial charge is 0.507 e. The SMILES string of the molecule is CC(C)(C)c1cc(C2OCCO2)c(O)c(C(C)(C)C)c1. The molecule has 0 spiro atoms. The van der Waals surface area contributed by atoms with Crippen molar-refractivity contribution in [2.45, 2.75) is 58.7 Å². The number of phenols is 1. The van der Waals surface area contributed by atoms with Gasteiger partial charge in [-0.2, -0.15) is 0 Å². The molecule has 0 aromatic heterocycles. The van der Waals surface area contributed by atoms with Gasteiger partial charge in [-0.3, -0.25) is 0 Å². The number of aromatic hydroxyl groups is 1. The van der Waals surface area contributed by atoms with Gasteiger partial charge in [0.15, 0.2) is 6.29 Å². The first-order valence-corrected chi connectivity index (χ1v) is 7.22. The molecular weight excluding hydrogens is 252 g/mol. The third kappa shape index (κ3) is 2.99. The topological polar surface area (TPSA) is 38.7 Å². The monoisotopic (exact) mass is 278 g/mol. The van der Waals surface area contributed by atoms with Crippen molar-refractivity contribution >= 4 is 0 Å². The van der Waals surface area contributed by atoms with Crippen LogP contribution in [0.15, 0.2) is 12.1 Å². The van der Waals surface area contributed by atoms with Crippen LogP contribution in [0.4, 0.5) is 0 Å². The van der Waals surface area contributed by atoms with Gasteiger partial charge in [-0.25, -0.2) is 0 Å². The summed E-state index contributed by atoms with van der Waals surface area (Å²) in [6.45, 7) is 14.0. The minimum Gasteiger partial charge on any atom is -0.507 e. The predicted octanol–water partition coefficient (Wildman–Crippen LogP) is 4.03. The van der Waals surface area contributed by atoms with Gasteiger partial charge in [0.05, 0.1) is 18.8 Å². The second-order valence-electron chi connectivity index (χ2n) is 7.54. The molecular formula is C17H26O3. The molecule has 0 saturated carbocycles. The second kappa shape index (κ2) is 5.05. The summed E-state index contributed by atoms with van der Waals surface area (Å²) in [5.74, 6) is 0.303. The van der Waals surface area contributed by atoms with Crippen molar-refractivity contribution < 1.29 is 14.6 Å². The molecule has 0 amide bonds. The summed E-state index contributed by atoms with van der Waals surface area (Å²) in [4.78, 5) is 0. The zero-order valence-corrected chi connectivity index (χ0v) is 13.4. The van der Waals surface area contributed by atoms with E-state index in [1.54, 1.807) is 0 Å². The lowest BCUT2D eigenvalue weighted by atomic mass is 9.79. The number of rotatable bonds is 1. The Morgan fingerprint density at radius 1 is 0.950 bits per heavy atom. The maximum atomic E-state index is 10.6. The summed E-state index contributed by atoms with van der Waals surface area (Å²) in [6, 6.07) is 4.12. The van der Waals surface area contributed by atoms with Crippen molar-refractivity contribution in [2.75, 3.05) is 13.2 Å². The van der Waals surface area contributed by atoms with E-state index >= 15 is 0 Å². The van der Waals surface area contributed by atoms with Crippen LogP contribution in [-0.2, 0) is 20.3 Å². The van der Waals surface area contributed by atoms with E-state index in [9.17, 15) is 5.11 Å². The summed E-state index contributed by atoms with van der Waals surface area (Å²) < 4.78 is 11.1. The van der Waals surface area contributed by atoms with Crippen LogP contribution in [0.25, 0.3) is 0 Å². The Morgan fingerprint density at radius 2 is 1.50 bits per heavy atom. The van der Waals surface area contributed by atoms with E-state index in [1.165, 1.54) is 5.56 Å². The van der Waals surface area contributed by atoms with Crippen molar-refractivity contribution in [3.05, 3.63) is 28.8 Å². The number of ether oxygens (including phenoxy) is 2. The number of benzene rings is 1. The first-order valence-electron chi connectivity index (χ1n) is 7.22. The molecule has 1 fully saturated rings. The van der Waals surface area contributed by atoms with Crippen LogP contribution in [0.1, 0.15) is 64.5 Å². The highest BCUT2D eigenvalue weighted by atomic mass is 16.7. The molecule has 1 saturated heterocycles. The molecule has 0 unspecified atom stereocenters. The molecule has 0 atom stereocenters. The quantitative estimate of drug-likeness (QED) is 0.843. The molecule has 3 nitrogen and oxygen atoms in total. The van der Waals surface area contributed by atoms with Crippen molar-refractivity contribution in [1.82, 2.24) is 0 Å². The van der Waals surface area contributed by atoms with Gasteiger partial charge < -0.3 is 14.6 Å². The van der Waals surface area contributed by atoms with Gasteiger partial charge in [0.2, 0.25) is 0 Å². The summed E-state index contributed by atoms with van der Waals surface area (Å²) in [5.41, 5.74) is 2.77. The molecule has 3 heteroatoms. The smallest absolute Gasteiger partial charge is 0.187 e. The second-order valence-corrected chi connectivity index (χ2v) is 7.54. The Labute approximate surface area is 121 Å². The minimum atomic E-state index is -0.446. The highest BCUT2D eigenvalue weighted by Gasteiger charge is 2.29. The number of hydrogen-bond donors (Lipinski definition) is 1. The standard InChI is InChI=1S/C17H26O3/c1-16(2,3)11-9-12(15-19-7-8-20-15)14(18)13(10-11)17(4,5)6/h9-10,15,18H,7-8H2,1-6H3. The Bertz CT molecular complexity index is 486. The molecule has 2 rings (SSSR count). The van der Waals surface area contributed by atoms with Gasteiger partial charge in [0.25, 0.3) is 0 Å². The molecule has 0 radical (unpaired) electrons. The van der Waals surface area contributed by atoms with E-state index in [2.05, 4.69) is 47.6 Å². The summed E-state index contributed by atoms with van der Waals surface area (Å²) in [5, 5.41) is 10.6. The minimum absolute atomic E-state index is 0.0149. The fourth-order valence-electron chi connectivity index (χ4n) is 2.38. The Morgan fingerprint density at radius 3 is 1.95 bits per heavy atom. The van der Waals surface area contributed by atoms with Crippen LogP contribution in [0.5, 0.6) is 5.75 Å². The lowest BCUT2D eigenvalue weighted by molar-refractivity contribution is -0.0456. The zero-order valence-electron chi connectivity index (χ0n) is 13.4. The fraction of sp³-hybridized carbons (Fsp3) is 0.647. The predicted molar refractivity (Wildman–Crippen MR) is 80.2 cm³/mol. The lowest BCUT2D eigenvalue weighted by Crippen LogP contribution is -2.18. The van der Waals surface area contributed by atoms with E-state index < -0.39 is 6.29 Å². The first kappa shape index (κ1) is 15.3. The number of hydrogen-bond acceptors (Lipinski definition) is 3. The normalized spacial score (nSPS) is 17.7. The Balaban J connectivity index is 2.60.